The van der Waals surface area contributed by atoms with E-state index in [1.165, 1.54) is 13.2 Å². The molecule has 6 nitrogen and oxygen atoms in total. The number of nitro groups is 1. The van der Waals surface area contributed by atoms with Crippen LogP contribution >= 0.6 is 15.9 Å². The number of hydrogen-bond donors (Lipinski definition) is 0. The minimum Gasteiger partial charge on any atom is -0.490 e. The third-order valence-corrected chi connectivity index (χ3v) is 5.00. The second-order valence-electron chi connectivity index (χ2n) is 5.92. The third-order valence-electron chi connectivity index (χ3n) is 4.40. The first kappa shape index (κ1) is 19.3. The van der Waals surface area contributed by atoms with Gasteiger partial charge in [0.1, 0.15) is 11.6 Å². The molecule has 0 atom stereocenters. The van der Waals surface area contributed by atoms with Gasteiger partial charge < -0.3 is 14.5 Å². The average Bonchev–Trinajstić information content (AvgIpc) is 2.64. The van der Waals surface area contributed by atoms with Crippen molar-refractivity contribution < 1.29 is 22.8 Å². The van der Waals surface area contributed by atoms with E-state index in [1.54, 1.807) is 9.80 Å². The molecule has 1 aliphatic heterocycles. The van der Waals surface area contributed by atoms with Gasteiger partial charge in [-0.3, -0.25) is 10.1 Å². The van der Waals surface area contributed by atoms with Crippen molar-refractivity contribution in [1.82, 2.24) is 0 Å². The molecule has 1 saturated heterocycles. The van der Waals surface area contributed by atoms with E-state index in [2.05, 4.69) is 15.9 Å². The summed E-state index contributed by atoms with van der Waals surface area (Å²) in [5, 5.41) is 11.0. The minimum absolute atomic E-state index is 0.0418. The zero-order valence-electron chi connectivity index (χ0n) is 14.2. The van der Waals surface area contributed by atoms with Crippen molar-refractivity contribution >= 4 is 33.0 Å². The lowest BCUT2D eigenvalue weighted by Crippen LogP contribution is -2.47. The molecule has 3 rings (SSSR count). The second kappa shape index (κ2) is 7.63. The molecule has 0 bridgehead atoms. The molecule has 1 fully saturated rings. The number of rotatable bonds is 4. The fourth-order valence-electron chi connectivity index (χ4n) is 3.02. The number of nitro benzene ring substituents is 1. The van der Waals surface area contributed by atoms with Gasteiger partial charge in [-0.1, -0.05) is 0 Å². The Hall–Kier alpha value is -2.49. The summed E-state index contributed by atoms with van der Waals surface area (Å²) in [5.74, 6) is -1.91. The Morgan fingerprint density at radius 3 is 2.00 bits per heavy atom. The van der Waals surface area contributed by atoms with E-state index >= 15 is 0 Å². The van der Waals surface area contributed by atoms with Crippen molar-refractivity contribution in [3.63, 3.8) is 0 Å². The summed E-state index contributed by atoms with van der Waals surface area (Å²) < 4.78 is 47.2. The van der Waals surface area contributed by atoms with E-state index in [1.807, 2.05) is 0 Å². The van der Waals surface area contributed by atoms with Crippen LogP contribution in [-0.4, -0.2) is 38.2 Å². The predicted octanol–water partition coefficient (Wildman–Crippen LogP) is 4.11. The van der Waals surface area contributed by atoms with Gasteiger partial charge in [0.05, 0.1) is 33.9 Å². The van der Waals surface area contributed by atoms with E-state index in [0.717, 1.165) is 18.2 Å². The Bertz CT molecular complexity index is 889. The summed E-state index contributed by atoms with van der Waals surface area (Å²) in [5.41, 5.74) is -0.151. The van der Waals surface area contributed by atoms with Gasteiger partial charge in [-0.05, 0) is 22.0 Å². The van der Waals surface area contributed by atoms with E-state index in [4.69, 9.17) is 4.74 Å². The van der Waals surface area contributed by atoms with Crippen LogP contribution in [0.1, 0.15) is 0 Å². The molecule has 2 aromatic carbocycles. The van der Waals surface area contributed by atoms with Crippen molar-refractivity contribution in [2.75, 3.05) is 43.1 Å². The number of anilines is 2. The third kappa shape index (κ3) is 3.80. The van der Waals surface area contributed by atoms with Crippen LogP contribution in [0.4, 0.5) is 30.2 Å². The Morgan fingerprint density at radius 1 is 0.963 bits per heavy atom. The lowest BCUT2D eigenvalue weighted by atomic mass is 10.2. The summed E-state index contributed by atoms with van der Waals surface area (Å²) in [6.45, 7) is 1.32. The van der Waals surface area contributed by atoms with Crippen LogP contribution in [0.25, 0.3) is 0 Å². The standard InChI is InChI=1S/C17H15BrF3N3O3/c1-27-17-9-15(13(21)8-16(17)24(25)26)23-4-2-22(3-5-23)14-7-11(19)10(18)6-12(14)20/h6-9H,2-5H2,1H3. The molecule has 0 spiro atoms. The molecule has 0 aromatic heterocycles. The summed E-state index contributed by atoms with van der Waals surface area (Å²) >= 11 is 2.94. The molecule has 0 amide bonds. The van der Waals surface area contributed by atoms with E-state index in [9.17, 15) is 23.3 Å². The molecular formula is C17H15BrF3N3O3. The van der Waals surface area contributed by atoms with Gasteiger partial charge in [-0.25, -0.2) is 13.2 Å². The van der Waals surface area contributed by atoms with Gasteiger partial charge in [-0.2, -0.15) is 0 Å². The molecular weight excluding hydrogens is 431 g/mol. The molecule has 1 heterocycles. The lowest BCUT2D eigenvalue weighted by molar-refractivity contribution is -0.385. The molecule has 0 N–H and O–H groups in total. The average molecular weight is 446 g/mol. The molecule has 1 aliphatic rings. The molecule has 0 unspecified atom stereocenters. The molecule has 144 valence electrons. The number of ether oxygens (including phenoxy) is 1. The van der Waals surface area contributed by atoms with E-state index in [-0.39, 0.29) is 21.6 Å². The number of methoxy groups -OCH3 is 1. The fourth-order valence-corrected chi connectivity index (χ4v) is 3.34. The van der Waals surface area contributed by atoms with E-state index in [0.29, 0.717) is 26.2 Å². The highest BCUT2D eigenvalue weighted by Crippen LogP contribution is 2.35. The Kier molecular flexibility index (Phi) is 5.45. The summed E-state index contributed by atoms with van der Waals surface area (Å²) in [7, 11) is 1.27. The zero-order valence-corrected chi connectivity index (χ0v) is 15.8. The SMILES string of the molecule is COc1cc(N2CCN(c3cc(F)c(Br)cc3F)CC2)c(F)cc1[N+](=O)[O-]. The van der Waals surface area contributed by atoms with Gasteiger partial charge in [0.25, 0.3) is 0 Å². The van der Waals surface area contributed by atoms with E-state index < -0.39 is 28.1 Å². The van der Waals surface area contributed by atoms with Crippen LogP contribution in [0.15, 0.2) is 28.7 Å². The normalized spacial score (nSPS) is 14.4. The Labute approximate surface area is 161 Å². The van der Waals surface area contributed by atoms with Crippen molar-refractivity contribution in [2.45, 2.75) is 0 Å². The van der Waals surface area contributed by atoms with Crippen molar-refractivity contribution in [3.05, 3.63) is 56.3 Å². The molecule has 0 aliphatic carbocycles. The molecule has 27 heavy (non-hydrogen) atoms. The maximum absolute atomic E-state index is 14.4. The highest BCUT2D eigenvalue weighted by molar-refractivity contribution is 9.10. The largest absolute Gasteiger partial charge is 0.490 e. The smallest absolute Gasteiger partial charge is 0.313 e. The van der Waals surface area contributed by atoms with Crippen LogP contribution < -0.4 is 14.5 Å². The summed E-state index contributed by atoms with van der Waals surface area (Å²) in [4.78, 5) is 13.6. The van der Waals surface area contributed by atoms with Gasteiger partial charge in [-0.15, -0.1) is 0 Å². The summed E-state index contributed by atoms with van der Waals surface area (Å²) in [6.07, 6.45) is 0. The number of nitrogens with zero attached hydrogens (tertiary/aromatic N) is 3. The maximum atomic E-state index is 14.4. The quantitative estimate of drug-likeness (QED) is 0.402. The van der Waals surface area contributed by atoms with Gasteiger partial charge in [0.15, 0.2) is 11.6 Å². The van der Waals surface area contributed by atoms with Crippen molar-refractivity contribution in [1.29, 1.82) is 0 Å². The van der Waals surface area contributed by atoms with Gasteiger partial charge in [0, 0.05) is 38.3 Å². The highest BCUT2D eigenvalue weighted by Gasteiger charge is 2.26. The van der Waals surface area contributed by atoms with Crippen LogP contribution in [-0.2, 0) is 0 Å². The first-order chi connectivity index (χ1) is 12.8. The summed E-state index contributed by atoms with van der Waals surface area (Å²) in [6, 6.07) is 4.29. The monoisotopic (exact) mass is 445 g/mol. The number of benzene rings is 2. The topological polar surface area (TPSA) is 58.8 Å². The van der Waals surface area contributed by atoms with Crippen LogP contribution in [0.2, 0.25) is 0 Å². The molecule has 0 saturated carbocycles. The molecule has 2 aromatic rings. The number of hydrogen-bond acceptors (Lipinski definition) is 5. The number of piperazine rings is 1. The fraction of sp³-hybridized carbons (Fsp3) is 0.294. The van der Waals surface area contributed by atoms with Crippen molar-refractivity contribution in [2.24, 2.45) is 0 Å². The first-order valence-electron chi connectivity index (χ1n) is 7.98. The first-order valence-corrected chi connectivity index (χ1v) is 8.77. The van der Waals surface area contributed by atoms with Gasteiger partial charge >= 0.3 is 5.69 Å². The maximum Gasteiger partial charge on any atom is 0.313 e. The molecule has 10 heteroatoms. The lowest BCUT2D eigenvalue weighted by Gasteiger charge is -2.37. The minimum atomic E-state index is -0.739. The molecule has 0 radical (unpaired) electrons. The Balaban J connectivity index is 1.80. The van der Waals surface area contributed by atoms with Crippen LogP contribution in [0, 0.1) is 27.6 Å². The second-order valence-corrected chi connectivity index (χ2v) is 6.78. The Morgan fingerprint density at radius 2 is 1.48 bits per heavy atom. The highest BCUT2D eigenvalue weighted by atomic mass is 79.9. The zero-order chi connectivity index (χ0) is 19.7. The predicted molar refractivity (Wildman–Crippen MR) is 98.1 cm³/mol. The number of halogens is 4. The van der Waals surface area contributed by atoms with Crippen molar-refractivity contribution in [3.8, 4) is 5.75 Å². The van der Waals surface area contributed by atoms with Crippen LogP contribution in [0.5, 0.6) is 5.75 Å². The van der Waals surface area contributed by atoms with Crippen LogP contribution in [0.3, 0.4) is 0 Å². The van der Waals surface area contributed by atoms with Gasteiger partial charge in [0.2, 0.25) is 0 Å².